The molecule has 7 heteroatoms. The quantitative estimate of drug-likeness (QED) is 0.842. The van der Waals surface area contributed by atoms with Gasteiger partial charge in [-0.25, -0.2) is 0 Å². The van der Waals surface area contributed by atoms with Gasteiger partial charge in [-0.3, -0.25) is 0 Å². The number of rotatable bonds is 6. The number of alkyl halides is 3. The minimum absolute atomic E-state index is 0.0198. The topological polar surface area (TPSA) is 50.7 Å². The van der Waals surface area contributed by atoms with Crippen LogP contribution in [0.2, 0.25) is 0 Å². The van der Waals surface area contributed by atoms with Gasteiger partial charge in [-0.15, -0.1) is 0 Å². The molecule has 1 saturated heterocycles. The molecule has 21 heavy (non-hydrogen) atoms. The third-order valence-electron chi connectivity index (χ3n) is 3.20. The van der Waals surface area contributed by atoms with E-state index in [1.54, 1.807) is 0 Å². The van der Waals surface area contributed by atoms with E-state index < -0.39 is 17.8 Å². The highest BCUT2D eigenvalue weighted by atomic mass is 19.4. The SMILES string of the molecule is OC(CNC1CCOC1)COc1ccc(C(F)(F)F)cc1. The third-order valence-corrected chi connectivity index (χ3v) is 3.20. The predicted molar refractivity (Wildman–Crippen MR) is 70.2 cm³/mol. The van der Waals surface area contributed by atoms with Gasteiger partial charge in [0.1, 0.15) is 18.5 Å². The van der Waals surface area contributed by atoms with E-state index in [0.717, 1.165) is 25.2 Å². The average Bonchev–Trinajstić information content (AvgIpc) is 2.95. The highest BCUT2D eigenvalue weighted by Gasteiger charge is 2.30. The fraction of sp³-hybridized carbons (Fsp3) is 0.571. The van der Waals surface area contributed by atoms with E-state index in [0.29, 0.717) is 18.9 Å². The molecule has 0 radical (unpaired) electrons. The van der Waals surface area contributed by atoms with E-state index in [9.17, 15) is 18.3 Å². The molecule has 2 rings (SSSR count). The van der Waals surface area contributed by atoms with Crippen molar-refractivity contribution in [1.29, 1.82) is 0 Å². The lowest BCUT2D eigenvalue weighted by molar-refractivity contribution is -0.137. The summed E-state index contributed by atoms with van der Waals surface area (Å²) in [5, 5.41) is 12.9. The first kappa shape index (κ1) is 16.1. The number of hydrogen-bond donors (Lipinski definition) is 2. The third kappa shape index (κ3) is 5.18. The molecule has 4 nitrogen and oxygen atoms in total. The second kappa shape index (κ2) is 7.11. The van der Waals surface area contributed by atoms with Crippen molar-refractivity contribution >= 4 is 0 Å². The van der Waals surface area contributed by atoms with Crippen LogP contribution in [0.5, 0.6) is 5.75 Å². The zero-order chi connectivity index (χ0) is 15.3. The predicted octanol–water partition coefficient (Wildman–Crippen LogP) is 1.82. The fourth-order valence-electron chi connectivity index (χ4n) is 1.99. The fourth-order valence-corrected chi connectivity index (χ4v) is 1.99. The van der Waals surface area contributed by atoms with Crippen molar-refractivity contribution in [1.82, 2.24) is 5.32 Å². The van der Waals surface area contributed by atoms with Crippen molar-refractivity contribution < 1.29 is 27.8 Å². The number of halogens is 3. The number of nitrogens with one attached hydrogen (secondary N) is 1. The zero-order valence-corrected chi connectivity index (χ0v) is 11.4. The van der Waals surface area contributed by atoms with Gasteiger partial charge in [0.2, 0.25) is 0 Å². The van der Waals surface area contributed by atoms with Crippen LogP contribution in [0.15, 0.2) is 24.3 Å². The van der Waals surface area contributed by atoms with Gasteiger partial charge in [-0.1, -0.05) is 0 Å². The van der Waals surface area contributed by atoms with Crippen molar-refractivity contribution in [2.75, 3.05) is 26.4 Å². The van der Waals surface area contributed by atoms with Gasteiger partial charge in [0.05, 0.1) is 12.2 Å². The van der Waals surface area contributed by atoms with Crippen LogP contribution in [-0.4, -0.2) is 43.6 Å². The molecule has 1 fully saturated rings. The molecule has 1 aromatic rings. The molecular formula is C14H18F3NO3. The van der Waals surface area contributed by atoms with Crippen LogP contribution in [0.25, 0.3) is 0 Å². The molecule has 0 amide bonds. The van der Waals surface area contributed by atoms with E-state index in [-0.39, 0.29) is 12.6 Å². The van der Waals surface area contributed by atoms with Gasteiger partial charge >= 0.3 is 6.18 Å². The molecule has 118 valence electrons. The Bertz CT molecular complexity index is 430. The summed E-state index contributed by atoms with van der Waals surface area (Å²) in [6.45, 7) is 1.73. The monoisotopic (exact) mass is 305 g/mol. The molecule has 1 aromatic carbocycles. The maximum absolute atomic E-state index is 12.4. The Hall–Kier alpha value is -1.31. The summed E-state index contributed by atoms with van der Waals surface area (Å²) in [4.78, 5) is 0. The molecule has 0 bridgehead atoms. The van der Waals surface area contributed by atoms with Gasteiger partial charge in [-0.2, -0.15) is 13.2 Å². The van der Waals surface area contributed by atoms with E-state index in [4.69, 9.17) is 9.47 Å². The lowest BCUT2D eigenvalue weighted by Gasteiger charge is -2.16. The largest absolute Gasteiger partial charge is 0.491 e. The van der Waals surface area contributed by atoms with Gasteiger partial charge in [-0.05, 0) is 30.7 Å². The van der Waals surface area contributed by atoms with Crippen molar-refractivity contribution in [2.24, 2.45) is 0 Å². The molecule has 2 atom stereocenters. The van der Waals surface area contributed by atoms with E-state index in [2.05, 4.69) is 5.32 Å². The van der Waals surface area contributed by atoms with E-state index >= 15 is 0 Å². The first-order valence-electron chi connectivity index (χ1n) is 6.74. The maximum atomic E-state index is 12.4. The molecule has 1 aliphatic rings. The van der Waals surface area contributed by atoms with Crippen LogP contribution in [0.4, 0.5) is 13.2 Å². The molecular weight excluding hydrogens is 287 g/mol. The second-order valence-corrected chi connectivity index (χ2v) is 4.96. The van der Waals surface area contributed by atoms with Crippen LogP contribution >= 0.6 is 0 Å². The summed E-state index contributed by atoms with van der Waals surface area (Å²) in [7, 11) is 0. The summed E-state index contributed by atoms with van der Waals surface area (Å²) < 4.78 is 47.6. The van der Waals surface area contributed by atoms with Gasteiger partial charge in [0.25, 0.3) is 0 Å². The van der Waals surface area contributed by atoms with Gasteiger partial charge < -0.3 is 19.9 Å². The maximum Gasteiger partial charge on any atom is 0.416 e. The Morgan fingerprint density at radius 2 is 2.05 bits per heavy atom. The van der Waals surface area contributed by atoms with Gasteiger partial charge in [0, 0.05) is 19.2 Å². The minimum atomic E-state index is -4.36. The highest BCUT2D eigenvalue weighted by molar-refractivity contribution is 5.28. The van der Waals surface area contributed by atoms with Crippen LogP contribution in [0, 0.1) is 0 Å². The number of ether oxygens (including phenoxy) is 2. The standard InChI is InChI=1S/C14H18F3NO3/c15-14(16,17)10-1-3-13(4-2-10)21-9-12(19)7-18-11-5-6-20-8-11/h1-4,11-12,18-19H,5-9H2. The molecule has 1 heterocycles. The van der Waals surface area contributed by atoms with Crippen molar-refractivity contribution in [3.8, 4) is 5.75 Å². The average molecular weight is 305 g/mol. The first-order chi connectivity index (χ1) is 9.95. The molecule has 2 N–H and O–H groups in total. The highest BCUT2D eigenvalue weighted by Crippen LogP contribution is 2.30. The van der Waals surface area contributed by atoms with Crippen LogP contribution in [-0.2, 0) is 10.9 Å². The van der Waals surface area contributed by atoms with Crippen LogP contribution in [0.3, 0.4) is 0 Å². The Morgan fingerprint density at radius 1 is 1.33 bits per heavy atom. The molecule has 2 unspecified atom stereocenters. The van der Waals surface area contributed by atoms with Crippen molar-refractivity contribution in [3.05, 3.63) is 29.8 Å². The van der Waals surface area contributed by atoms with Crippen LogP contribution in [0.1, 0.15) is 12.0 Å². The Morgan fingerprint density at radius 3 is 2.62 bits per heavy atom. The summed E-state index contributed by atoms with van der Waals surface area (Å²) >= 11 is 0. The lowest BCUT2D eigenvalue weighted by atomic mass is 10.2. The summed E-state index contributed by atoms with van der Waals surface area (Å²) in [6, 6.07) is 4.64. The number of aliphatic hydroxyl groups is 1. The second-order valence-electron chi connectivity index (χ2n) is 4.96. The smallest absolute Gasteiger partial charge is 0.416 e. The summed E-state index contributed by atoms with van der Waals surface area (Å²) in [5.74, 6) is 0.297. The molecule has 0 spiro atoms. The molecule has 0 aromatic heterocycles. The molecule has 1 aliphatic heterocycles. The zero-order valence-electron chi connectivity index (χ0n) is 11.4. The van der Waals surface area contributed by atoms with Crippen molar-refractivity contribution in [3.63, 3.8) is 0 Å². The first-order valence-corrected chi connectivity index (χ1v) is 6.74. The van der Waals surface area contributed by atoms with Gasteiger partial charge in [0.15, 0.2) is 0 Å². The lowest BCUT2D eigenvalue weighted by Crippen LogP contribution is -2.38. The Balaban J connectivity index is 1.71. The minimum Gasteiger partial charge on any atom is -0.491 e. The Labute approximate surface area is 120 Å². The number of aliphatic hydroxyl groups excluding tert-OH is 1. The normalized spacial score (nSPS) is 20.5. The molecule has 0 saturated carbocycles. The van der Waals surface area contributed by atoms with E-state index in [1.165, 1.54) is 12.1 Å². The Kier molecular flexibility index (Phi) is 5.44. The van der Waals surface area contributed by atoms with Crippen molar-refractivity contribution in [2.45, 2.75) is 24.7 Å². The van der Waals surface area contributed by atoms with E-state index in [1.807, 2.05) is 0 Å². The number of benzene rings is 1. The summed E-state index contributed by atoms with van der Waals surface area (Å²) in [5.41, 5.74) is -0.724. The summed E-state index contributed by atoms with van der Waals surface area (Å²) in [6.07, 6.45) is -4.18. The number of hydrogen-bond acceptors (Lipinski definition) is 4. The molecule has 0 aliphatic carbocycles. The van der Waals surface area contributed by atoms with Crippen LogP contribution < -0.4 is 10.1 Å².